The van der Waals surface area contributed by atoms with Crippen molar-refractivity contribution >= 4 is 40.0 Å². The Bertz CT molecular complexity index is 1150. The van der Waals surface area contributed by atoms with Crippen LogP contribution >= 0.6 is 11.6 Å². The van der Waals surface area contributed by atoms with Crippen molar-refractivity contribution in [1.29, 1.82) is 0 Å². The number of carbonyl (C=O) groups is 2. The van der Waals surface area contributed by atoms with Gasteiger partial charge in [-0.1, -0.05) is 11.6 Å². The average molecular weight is 456 g/mol. The summed E-state index contributed by atoms with van der Waals surface area (Å²) in [4.78, 5) is 31.2. The first kappa shape index (κ1) is 23.3. The summed E-state index contributed by atoms with van der Waals surface area (Å²) in [5, 5.41) is 3.97. The molecule has 0 bridgehead atoms. The molecule has 0 saturated heterocycles. The van der Waals surface area contributed by atoms with E-state index in [2.05, 4.69) is 10.3 Å². The second-order valence-corrected chi connectivity index (χ2v) is 7.54. The molecule has 0 aliphatic carbocycles. The third kappa shape index (κ3) is 5.29. The highest BCUT2D eigenvalue weighted by atomic mass is 35.5. The Morgan fingerprint density at radius 3 is 2.50 bits per heavy atom. The lowest BCUT2D eigenvalue weighted by molar-refractivity contribution is -0.132. The van der Waals surface area contributed by atoms with Gasteiger partial charge in [-0.25, -0.2) is 0 Å². The third-order valence-electron chi connectivity index (χ3n) is 5.12. The van der Waals surface area contributed by atoms with Crippen LogP contribution in [0.15, 0.2) is 42.5 Å². The molecule has 0 saturated carbocycles. The molecule has 0 spiro atoms. The normalized spacial score (nSPS) is 10.7. The van der Waals surface area contributed by atoms with E-state index in [-0.39, 0.29) is 18.4 Å². The maximum Gasteiger partial charge on any atom is 0.260 e. The number of carbonyl (C=O) groups excluding carboxylic acids is 2. The molecular weight excluding hydrogens is 430 g/mol. The molecule has 3 rings (SSSR count). The smallest absolute Gasteiger partial charge is 0.260 e. The monoisotopic (exact) mass is 455 g/mol. The van der Waals surface area contributed by atoms with E-state index in [1.807, 2.05) is 32.0 Å². The number of aromatic nitrogens is 1. The number of amides is 2. The average Bonchev–Trinajstić information content (AvgIpc) is 2.78. The van der Waals surface area contributed by atoms with Gasteiger partial charge < -0.3 is 19.7 Å². The first-order valence-corrected chi connectivity index (χ1v) is 10.7. The summed E-state index contributed by atoms with van der Waals surface area (Å²) >= 11 is 6.30. The summed E-state index contributed by atoms with van der Waals surface area (Å²) < 4.78 is 10.8. The highest BCUT2D eigenvalue weighted by molar-refractivity contribution is 6.32. The molecule has 168 valence electrons. The molecule has 0 unspecified atom stereocenters. The number of aryl methyl sites for hydroxylation is 1. The fourth-order valence-corrected chi connectivity index (χ4v) is 3.54. The molecule has 8 heteroatoms. The van der Waals surface area contributed by atoms with Crippen LogP contribution in [0.25, 0.3) is 10.9 Å². The van der Waals surface area contributed by atoms with E-state index in [9.17, 15) is 9.59 Å². The number of likely N-dealkylation sites (N-methyl/N-ethyl adjacent to an activating group) is 1. The molecule has 3 aromatic rings. The number of nitrogens with one attached hydrogen (secondary N) is 1. The second kappa shape index (κ2) is 10.3. The Hall–Kier alpha value is -3.32. The number of pyridine rings is 1. The zero-order valence-electron chi connectivity index (χ0n) is 18.6. The molecule has 32 heavy (non-hydrogen) atoms. The quantitative estimate of drug-likeness (QED) is 0.532. The summed E-state index contributed by atoms with van der Waals surface area (Å²) in [6.07, 6.45) is 0. The van der Waals surface area contributed by atoms with Crippen molar-refractivity contribution < 1.29 is 19.1 Å². The fourth-order valence-electron chi connectivity index (χ4n) is 3.30. The van der Waals surface area contributed by atoms with Gasteiger partial charge in [0.25, 0.3) is 11.8 Å². The van der Waals surface area contributed by atoms with Crippen molar-refractivity contribution in [1.82, 2.24) is 9.88 Å². The van der Waals surface area contributed by atoms with E-state index < -0.39 is 0 Å². The number of benzene rings is 2. The van der Waals surface area contributed by atoms with Gasteiger partial charge in [-0.2, -0.15) is 0 Å². The first-order chi connectivity index (χ1) is 15.4. The van der Waals surface area contributed by atoms with Gasteiger partial charge in [-0.3, -0.25) is 14.6 Å². The third-order valence-corrected chi connectivity index (χ3v) is 5.41. The number of methoxy groups -OCH3 is 1. The zero-order chi connectivity index (χ0) is 23.3. The second-order valence-electron chi connectivity index (χ2n) is 7.13. The lowest BCUT2D eigenvalue weighted by Gasteiger charge is -2.19. The van der Waals surface area contributed by atoms with Crippen LogP contribution in [0.5, 0.6) is 11.5 Å². The zero-order valence-corrected chi connectivity index (χ0v) is 19.3. The minimum Gasteiger partial charge on any atom is -0.497 e. The van der Waals surface area contributed by atoms with Crippen LogP contribution in [0, 0.1) is 6.92 Å². The molecule has 0 atom stereocenters. The van der Waals surface area contributed by atoms with Crippen molar-refractivity contribution in [3.05, 3.63) is 58.7 Å². The number of fused-ring (bicyclic) bond motifs is 1. The van der Waals surface area contributed by atoms with Gasteiger partial charge in [-0.15, -0.1) is 0 Å². The van der Waals surface area contributed by atoms with E-state index in [0.717, 1.165) is 10.9 Å². The molecule has 1 heterocycles. The highest BCUT2D eigenvalue weighted by Crippen LogP contribution is 2.28. The van der Waals surface area contributed by atoms with Crippen LogP contribution in [0.4, 0.5) is 5.69 Å². The van der Waals surface area contributed by atoms with Gasteiger partial charge in [0, 0.05) is 30.2 Å². The van der Waals surface area contributed by atoms with Crippen molar-refractivity contribution in [3.8, 4) is 11.5 Å². The van der Waals surface area contributed by atoms with Crippen LogP contribution in [0.1, 0.15) is 29.9 Å². The standard InChI is InChI=1S/C24H26ClN3O4/c1-5-28(6-2)23(29)14-32-22-10-8-17(12-20(22)25)27-24(30)19-11-16-7-9-18(31-4)13-21(16)26-15(19)3/h7-13H,5-6,14H2,1-4H3,(H,27,30). The van der Waals surface area contributed by atoms with E-state index >= 15 is 0 Å². The summed E-state index contributed by atoms with van der Waals surface area (Å²) in [5.74, 6) is 0.675. The molecule has 7 nitrogen and oxygen atoms in total. The molecule has 0 radical (unpaired) electrons. The molecule has 0 aliphatic heterocycles. The van der Waals surface area contributed by atoms with Crippen LogP contribution in [-0.2, 0) is 4.79 Å². The predicted molar refractivity (Wildman–Crippen MR) is 126 cm³/mol. The Labute approximate surface area is 192 Å². The summed E-state index contributed by atoms with van der Waals surface area (Å²) in [7, 11) is 1.60. The number of anilines is 1. The lowest BCUT2D eigenvalue weighted by atomic mass is 10.1. The van der Waals surface area contributed by atoms with Crippen LogP contribution < -0.4 is 14.8 Å². The van der Waals surface area contributed by atoms with Gasteiger partial charge in [0.1, 0.15) is 11.5 Å². The van der Waals surface area contributed by atoms with Crippen molar-refractivity contribution in [3.63, 3.8) is 0 Å². The number of ether oxygens (including phenoxy) is 2. The molecule has 2 amide bonds. The van der Waals surface area contributed by atoms with Gasteiger partial charge in [0.05, 0.1) is 28.9 Å². The van der Waals surface area contributed by atoms with Crippen LogP contribution in [0.2, 0.25) is 5.02 Å². The minimum absolute atomic E-state index is 0.0974. The van der Waals surface area contributed by atoms with Gasteiger partial charge >= 0.3 is 0 Å². The lowest BCUT2D eigenvalue weighted by Crippen LogP contribution is -2.34. The van der Waals surface area contributed by atoms with E-state index in [1.165, 1.54) is 0 Å². The Balaban J connectivity index is 1.72. The molecule has 0 aliphatic rings. The molecule has 1 N–H and O–H groups in total. The number of halogens is 1. The maximum atomic E-state index is 12.9. The number of rotatable bonds is 8. The predicted octanol–water partition coefficient (Wildman–Crippen LogP) is 4.70. The number of nitrogens with zero attached hydrogens (tertiary/aromatic N) is 2. The SMILES string of the molecule is CCN(CC)C(=O)COc1ccc(NC(=O)c2cc3ccc(OC)cc3nc2C)cc1Cl. The Kier molecular flexibility index (Phi) is 7.53. The van der Waals surface area contributed by atoms with Crippen molar-refractivity contribution in [2.45, 2.75) is 20.8 Å². The summed E-state index contributed by atoms with van der Waals surface area (Å²) in [6.45, 7) is 6.75. The minimum atomic E-state index is -0.297. The van der Waals surface area contributed by atoms with E-state index in [4.69, 9.17) is 21.1 Å². The van der Waals surface area contributed by atoms with E-state index in [0.29, 0.717) is 46.6 Å². The van der Waals surface area contributed by atoms with Gasteiger partial charge in [0.2, 0.25) is 0 Å². The van der Waals surface area contributed by atoms with Crippen molar-refractivity contribution in [2.75, 3.05) is 32.1 Å². The molecule has 0 fully saturated rings. The maximum absolute atomic E-state index is 12.9. The first-order valence-electron chi connectivity index (χ1n) is 10.3. The fraction of sp³-hybridized carbons (Fsp3) is 0.292. The molecule has 1 aromatic heterocycles. The summed E-state index contributed by atoms with van der Waals surface area (Å²) in [6, 6.07) is 12.2. The Morgan fingerprint density at radius 2 is 1.84 bits per heavy atom. The van der Waals surface area contributed by atoms with Gasteiger partial charge in [0.15, 0.2) is 6.61 Å². The van der Waals surface area contributed by atoms with Crippen molar-refractivity contribution in [2.24, 2.45) is 0 Å². The van der Waals surface area contributed by atoms with Crippen LogP contribution in [-0.4, -0.2) is 48.5 Å². The molecular formula is C24H26ClN3O4. The Morgan fingerprint density at radius 1 is 1.09 bits per heavy atom. The van der Waals surface area contributed by atoms with Gasteiger partial charge in [-0.05, 0) is 57.2 Å². The topological polar surface area (TPSA) is 80.8 Å². The summed E-state index contributed by atoms with van der Waals surface area (Å²) in [5.41, 5.74) is 2.33. The number of hydrogen-bond donors (Lipinski definition) is 1. The number of hydrogen-bond acceptors (Lipinski definition) is 5. The molecule has 2 aromatic carbocycles. The highest BCUT2D eigenvalue weighted by Gasteiger charge is 2.15. The largest absolute Gasteiger partial charge is 0.497 e. The van der Waals surface area contributed by atoms with Crippen LogP contribution in [0.3, 0.4) is 0 Å². The van der Waals surface area contributed by atoms with E-state index in [1.54, 1.807) is 43.2 Å².